The van der Waals surface area contributed by atoms with E-state index < -0.39 is 16.2 Å². The topological polar surface area (TPSA) is 107 Å². The number of esters is 1. The van der Waals surface area contributed by atoms with Crippen LogP contribution in [0.1, 0.15) is 17.5 Å². The van der Waals surface area contributed by atoms with Crippen molar-refractivity contribution in [3.05, 3.63) is 65.7 Å². The van der Waals surface area contributed by atoms with Crippen LogP contribution >= 0.6 is 11.8 Å². The van der Waals surface area contributed by atoms with Crippen LogP contribution in [0.2, 0.25) is 0 Å². The standard InChI is InChI=1S/C12H17NO2S.C7H8O3S/c1-16-8-7-11(13)12(14)15-9-10-5-3-2-4-6-10;1-6-2-4-7(5-3-6)11(8,9)10/h2-6,11H,7-9,13H2,1H3;2-5H,1H3,(H,8,9,10). The summed E-state index contributed by atoms with van der Waals surface area (Å²) < 4.78 is 34.7. The molecule has 0 heterocycles. The zero-order chi connectivity index (χ0) is 20.3. The maximum Gasteiger partial charge on any atom is 0.323 e. The number of hydrogen-bond acceptors (Lipinski definition) is 6. The molecule has 27 heavy (non-hydrogen) atoms. The molecular weight excluding hydrogens is 386 g/mol. The molecule has 0 bridgehead atoms. The van der Waals surface area contributed by atoms with Crippen LogP contribution in [0.4, 0.5) is 0 Å². The van der Waals surface area contributed by atoms with Crippen LogP contribution in [0.15, 0.2) is 59.5 Å². The first-order valence-corrected chi connectivity index (χ1v) is 11.1. The third kappa shape index (κ3) is 9.58. The Labute approximate surface area is 164 Å². The van der Waals surface area contributed by atoms with Crippen molar-refractivity contribution in [1.29, 1.82) is 0 Å². The molecule has 0 aliphatic carbocycles. The van der Waals surface area contributed by atoms with E-state index in [4.69, 9.17) is 15.0 Å². The van der Waals surface area contributed by atoms with Gasteiger partial charge in [0.05, 0.1) is 4.90 Å². The molecule has 3 N–H and O–H groups in total. The predicted molar refractivity (Wildman–Crippen MR) is 108 cm³/mol. The predicted octanol–water partition coefficient (Wildman–Crippen LogP) is 3.05. The third-order valence-corrected chi connectivity index (χ3v) is 4.99. The minimum atomic E-state index is -4.02. The van der Waals surface area contributed by atoms with Crippen molar-refractivity contribution in [1.82, 2.24) is 0 Å². The summed E-state index contributed by atoms with van der Waals surface area (Å²) in [7, 11) is -4.02. The summed E-state index contributed by atoms with van der Waals surface area (Å²) in [5.74, 6) is 0.555. The van der Waals surface area contributed by atoms with Crippen molar-refractivity contribution in [2.75, 3.05) is 12.0 Å². The van der Waals surface area contributed by atoms with Gasteiger partial charge in [0.25, 0.3) is 10.1 Å². The summed E-state index contributed by atoms with van der Waals surface area (Å²) in [5.41, 5.74) is 7.62. The molecule has 0 aliphatic rings. The Balaban J connectivity index is 0.000000289. The maximum absolute atomic E-state index is 11.5. The Morgan fingerprint density at radius 3 is 2.26 bits per heavy atom. The Bertz CT molecular complexity index is 793. The summed E-state index contributed by atoms with van der Waals surface area (Å²) in [6, 6.07) is 15.1. The van der Waals surface area contributed by atoms with E-state index in [1.807, 2.05) is 43.5 Å². The summed E-state index contributed by atoms with van der Waals surface area (Å²) in [4.78, 5) is 11.4. The van der Waals surface area contributed by atoms with E-state index in [1.54, 1.807) is 23.9 Å². The van der Waals surface area contributed by atoms with Crippen molar-refractivity contribution in [2.24, 2.45) is 5.73 Å². The first-order valence-electron chi connectivity index (χ1n) is 8.23. The van der Waals surface area contributed by atoms with Crippen molar-refractivity contribution >= 4 is 27.8 Å². The molecule has 0 amide bonds. The minimum absolute atomic E-state index is 0.0666. The number of nitrogens with two attached hydrogens (primary N) is 1. The van der Waals surface area contributed by atoms with E-state index in [1.165, 1.54) is 12.1 Å². The number of thioether (sulfide) groups is 1. The molecule has 1 atom stereocenters. The van der Waals surface area contributed by atoms with Crippen LogP contribution in [0.3, 0.4) is 0 Å². The van der Waals surface area contributed by atoms with Gasteiger partial charge >= 0.3 is 5.97 Å². The first-order chi connectivity index (χ1) is 12.7. The lowest BCUT2D eigenvalue weighted by Gasteiger charge is -2.10. The average molecular weight is 412 g/mol. The molecule has 2 aromatic carbocycles. The fraction of sp³-hybridized carbons (Fsp3) is 0.316. The van der Waals surface area contributed by atoms with Crippen molar-refractivity contribution in [2.45, 2.75) is 30.9 Å². The summed E-state index contributed by atoms with van der Waals surface area (Å²) in [6.07, 6.45) is 2.65. The fourth-order valence-electron chi connectivity index (χ4n) is 1.91. The van der Waals surface area contributed by atoms with Gasteiger partial charge in [-0.1, -0.05) is 48.0 Å². The fourth-order valence-corrected chi connectivity index (χ4v) is 2.88. The molecule has 0 saturated heterocycles. The number of ether oxygens (including phenoxy) is 1. The second-order valence-corrected chi connectivity index (χ2v) is 8.18. The van der Waals surface area contributed by atoms with Gasteiger partial charge in [0.1, 0.15) is 12.6 Å². The monoisotopic (exact) mass is 411 g/mol. The van der Waals surface area contributed by atoms with Gasteiger partial charge in [0.15, 0.2) is 0 Å². The van der Waals surface area contributed by atoms with Crippen molar-refractivity contribution < 1.29 is 22.5 Å². The van der Waals surface area contributed by atoms with E-state index in [2.05, 4.69) is 0 Å². The van der Waals surface area contributed by atoms with E-state index in [-0.39, 0.29) is 10.9 Å². The molecule has 0 radical (unpaired) electrons. The van der Waals surface area contributed by atoms with Crippen LogP contribution in [-0.2, 0) is 26.3 Å². The molecule has 1 unspecified atom stereocenters. The van der Waals surface area contributed by atoms with Gasteiger partial charge in [0, 0.05) is 0 Å². The number of carbonyl (C=O) groups excluding carboxylic acids is 1. The smallest absolute Gasteiger partial charge is 0.323 e. The molecule has 8 heteroatoms. The summed E-state index contributed by atoms with van der Waals surface area (Å²) in [6.45, 7) is 2.14. The van der Waals surface area contributed by atoms with E-state index in [0.717, 1.165) is 16.9 Å². The van der Waals surface area contributed by atoms with E-state index >= 15 is 0 Å². The Morgan fingerprint density at radius 1 is 1.15 bits per heavy atom. The summed E-state index contributed by atoms with van der Waals surface area (Å²) in [5, 5.41) is 0. The normalized spacial score (nSPS) is 11.9. The Kier molecular flexibility index (Phi) is 10.1. The van der Waals surface area contributed by atoms with Gasteiger partial charge in [0.2, 0.25) is 0 Å². The molecule has 0 saturated carbocycles. The third-order valence-electron chi connectivity index (χ3n) is 3.48. The van der Waals surface area contributed by atoms with Gasteiger partial charge in [-0.15, -0.1) is 0 Å². The van der Waals surface area contributed by atoms with Crippen LogP contribution in [-0.4, -0.2) is 37.0 Å². The molecule has 0 spiro atoms. The second kappa shape index (κ2) is 11.8. The van der Waals surface area contributed by atoms with Crippen LogP contribution in [0, 0.1) is 6.92 Å². The van der Waals surface area contributed by atoms with Gasteiger partial charge in [-0.05, 0) is 43.0 Å². The minimum Gasteiger partial charge on any atom is -0.460 e. The average Bonchev–Trinajstić information content (AvgIpc) is 2.65. The lowest BCUT2D eigenvalue weighted by atomic mass is 10.2. The van der Waals surface area contributed by atoms with Gasteiger partial charge < -0.3 is 10.5 Å². The number of carbonyl (C=O) groups is 1. The molecule has 6 nitrogen and oxygen atoms in total. The molecule has 2 rings (SSSR count). The van der Waals surface area contributed by atoms with Gasteiger partial charge in [-0.3, -0.25) is 9.35 Å². The highest BCUT2D eigenvalue weighted by Gasteiger charge is 2.14. The lowest BCUT2D eigenvalue weighted by molar-refractivity contribution is -0.146. The van der Waals surface area contributed by atoms with Crippen molar-refractivity contribution in [3.63, 3.8) is 0 Å². The molecule has 0 fully saturated rings. The molecular formula is C19H25NO5S2. The molecule has 2 aromatic rings. The van der Waals surface area contributed by atoms with Crippen LogP contribution in [0.25, 0.3) is 0 Å². The summed E-state index contributed by atoms with van der Waals surface area (Å²) >= 11 is 1.67. The quantitative estimate of drug-likeness (QED) is 0.533. The Morgan fingerprint density at radius 2 is 1.74 bits per heavy atom. The van der Waals surface area contributed by atoms with E-state index in [0.29, 0.717) is 13.0 Å². The first kappa shape index (κ1) is 23.2. The van der Waals surface area contributed by atoms with Crippen LogP contribution < -0.4 is 5.73 Å². The SMILES string of the molecule is CSCCC(N)C(=O)OCc1ccccc1.Cc1ccc(S(=O)(=O)O)cc1. The van der Waals surface area contributed by atoms with E-state index in [9.17, 15) is 13.2 Å². The lowest BCUT2D eigenvalue weighted by Crippen LogP contribution is -2.32. The highest BCUT2D eigenvalue weighted by molar-refractivity contribution is 7.98. The number of rotatable bonds is 7. The molecule has 0 aromatic heterocycles. The van der Waals surface area contributed by atoms with Gasteiger partial charge in [-0.2, -0.15) is 20.2 Å². The zero-order valence-corrected chi connectivity index (χ0v) is 17.0. The molecule has 0 aliphatic heterocycles. The Hall–Kier alpha value is -1.87. The highest BCUT2D eigenvalue weighted by atomic mass is 32.2. The van der Waals surface area contributed by atoms with Crippen LogP contribution in [0.5, 0.6) is 0 Å². The van der Waals surface area contributed by atoms with Gasteiger partial charge in [-0.25, -0.2) is 0 Å². The number of benzene rings is 2. The highest BCUT2D eigenvalue weighted by Crippen LogP contribution is 2.08. The second-order valence-electron chi connectivity index (χ2n) is 5.77. The number of aryl methyl sites for hydroxylation is 1. The largest absolute Gasteiger partial charge is 0.460 e. The number of hydrogen-bond donors (Lipinski definition) is 2. The zero-order valence-electron chi connectivity index (χ0n) is 15.4. The van der Waals surface area contributed by atoms with Crippen molar-refractivity contribution in [3.8, 4) is 0 Å². The molecule has 148 valence electrons. The maximum atomic E-state index is 11.5.